The minimum Gasteiger partial charge on any atom is -0.494 e. The number of hydrogen-bond acceptors (Lipinski definition) is 5. The van der Waals surface area contributed by atoms with Crippen molar-refractivity contribution in [1.82, 2.24) is 4.98 Å². The summed E-state index contributed by atoms with van der Waals surface area (Å²) in [5.41, 5.74) is 5.47. The van der Waals surface area contributed by atoms with Crippen LogP contribution in [-0.4, -0.2) is 24.7 Å². The molecule has 0 amide bonds. The number of hydrogen-bond donors (Lipinski definition) is 1. The molecule has 0 fully saturated rings. The molecular weight excluding hydrogens is 258 g/mol. The molecule has 0 aliphatic rings. The summed E-state index contributed by atoms with van der Waals surface area (Å²) in [6.45, 7) is 1.88. The average Bonchev–Trinajstić information content (AvgIpc) is 2.37. The molecule has 0 aliphatic heterocycles. The van der Waals surface area contributed by atoms with Gasteiger partial charge >= 0.3 is 5.97 Å². The lowest BCUT2D eigenvalue weighted by Gasteiger charge is -2.14. The Morgan fingerprint density at radius 2 is 2.21 bits per heavy atom. The highest BCUT2D eigenvalue weighted by Crippen LogP contribution is 2.31. The first kappa shape index (κ1) is 15.3. The van der Waals surface area contributed by atoms with Gasteiger partial charge in [-0.25, -0.2) is 13.8 Å². The van der Waals surface area contributed by atoms with E-state index in [2.05, 4.69) is 4.98 Å². The molecule has 0 atom stereocenters. The number of carbonyl (C=O) groups excluding carboxylic acids is 1. The van der Waals surface area contributed by atoms with E-state index in [0.29, 0.717) is 5.56 Å². The molecule has 0 aliphatic carbocycles. The fourth-order valence-corrected chi connectivity index (χ4v) is 1.66. The number of ether oxygens (including phenoxy) is 2. The summed E-state index contributed by atoms with van der Waals surface area (Å²) in [5.74, 6) is -0.615. The molecule has 0 bridgehead atoms. The highest BCUT2D eigenvalue weighted by Gasteiger charge is 2.22. The largest absolute Gasteiger partial charge is 0.494 e. The fourth-order valence-electron chi connectivity index (χ4n) is 1.66. The predicted octanol–water partition coefficient (Wildman–Crippen LogP) is 1.59. The molecule has 1 heterocycles. The van der Waals surface area contributed by atoms with Crippen molar-refractivity contribution in [1.29, 1.82) is 0 Å². The van der Waals surface area contributed by atoms with E-state index in [1.54, 1.807) is 6.92 Å². The van der Waals surface area contributed by atoms with Crippen LogP contribution in [0.15, 0.2) is 6.07 Å². The summed E-state index contributed by atoms with van der Waals surface area (Å²) in [6, 6.07) is 1.47. The van der Waals surface area contributed by atoms with Crippen molar-refractivity contribution in [3.05, 3.63) is 23.0 Å². The van der Waals surface area contributed by atoms with Crippen LogP contribution < -0.4 is 10.5 Å². The van der Waals surface area contributed by atoms with Crippen molar-refractivity contribution < 1.29 is 23.0 Å². The molecule has 106 valence electrons. The number of halogens is 2. The van der Waals surface area contributed by atoms with Gasteiger partial charge in [-0.05, 0) is 13.0 Å². The van der Waals surface area contributed by atoms with Gasteiger partial charge in [-0.1, -0.05) is 0 Å². The van der Waals surface area contributed by atoms with Crippen LogP contribution in [0.1, 0.15) is 30.3 Å². The lowest BCUT2D eigenvalue weighted by atomic mass is 10.1. The Bertz CT molecular complexity index is 453. The first-order valence-electron chi connectivity index (χ1n) is 5.73. The van der Waals surface area contributed by atoms with E-state index in [4.69, 9.17) is 15.2 Å². The van der Waals surface area contributed by atoms with E-state index in [1.165, 1.54) is 13.2 Å². The minimum absolute atomic E-state index is 0.000457. The zero-order valence-corrected chi connectivity index (χ0v) is 10.8. The Hall–Kier alpha value is -1.76. The number of nitrogens with two attached hydrogens (primary N) is 1. The van der Waals surface area contributed by atoms with Crippen molar-refractivity contribution in [2.24, 2.45) is 5.73 Å². The molecule has 19 heavy (non-hydrogen) atoms. The van der Waals surface area contributed by atoms with E-state index in [0.717, 1.165) is 0 Å². The number of methoxy groups -OCH3 is 1. The van der Waals surface area contributed by atoms with Gasteiger partial charge < -0.3 is 15.2 Å². The number of rotatable bonds is 6. The molecule has 0 saturated heterocycles. The summed E-state index contributed by atoms with van der Waals surface area (Å²) >= 11 is 0. The monoisotopic (exact) mass is 274 g/mol. The highest BCUT2D eigenvalue weighted by molar-refractivity contribution is 5.73. The number of alkyl halides is 2. The summed E-state index contributed by atoms with van der Waals surface area (Å²) in [4.78, 5) is 15.2. The van der Waals surface area contributed by atoms with Gasteiger partial charge in [-0.15, -0.1) is 0 Å². The van der Waals surface area contributed by atoms with Crippen LogP contribution in [-0.2, 0) is 22.5 Å². The van der Waals surface area contributed by atoms with Gasteiger partial charge in [-0.3, -0.25) is 4.79 Å². The lowest BCUT2D eigenvalue weighted by molar-refractivity contribution is -0.142. The molecular formula is C12H16F2N2O3. The van der Waals surface area contributed by atoms with Gasteiger partial charge in [0, 0.05) is 12.1 Å². The standard InChI is InChI=1S/C12H16F2N2O3/c1-3-19-9(17)5-7-4-8(6-15)16-10(12(13)14)11(7)18-2/h4,12H,3,5-6,15H2,1-2H3. The van der Waals surface area contributed by atoms with Crippen LogP contribution in [0.4, 0.5) is 8.78 Å². The normalized spacial score (nSPS) is 10.6. The second-order valence-corrected chi connectivity index (χ2v) is 3.68. The summed E-state index contributed by atoms with van der Waals surface area (Å²) in [7, 11) is 1.25. The van der Waals surface area contributed by atoms with E-state index in [9.17, 15) is 13.6 Å². The number of pyridine rings is 1. The van der Waals surface area contributed by atoms with Crippen LogP contribution >= 0.6 is 0 Å². The van der Waals surface area contributed by atoms with Gasteiger partial charge in [-0.2, -0.15) is 0 Å². The number of esters is 1. The average molecular weight is 274 g/mol. The maximum atomic E-state index is 12.9. The third kappa shape index (κ3) is 3.85. The first-order valence-corrected chi connectivity index (χ1v) is 5.73. The van der Waals surface area contributed by atoms with Crippen LogP contribution in [0.5, 0.6) is 5.75 Å². The van der Waals surface area contributed by atoms with Crippen molar-refractivity contribution in [2.75, 3.05) is 13.7 Å². The second-order valence-electron chi connectivity index (χ2n) is 3.68. The molecule has 1 aromatic rings. The minimum atomic E-state index is -2.80. The van der Waals surface area contributed by atoms with E-state index < -0.39 is 18.1 Å². The van der Waals surface area contributed by atoms with Crippen LogP contribution in [0, 0.1) is 0 Å². The Morgan fingerprint density at radius 3 is 2.68 bits per heavy atom. The lowest BCUT2D eigenvalue weighted by Crippen LogP contribution is -2.12. The van der Waals surface area contributed by atoms with E-state index >= 15 is 0 Å². The van der Waals surface area contributed by atoms with Crippen LogP contribution in [0.25, 0.3) is 0 Å². The topological polar surface area (TPSA) is 74.4 Å². The van der Waals surface area contributed by atoms with Gasteiger partial charge in [0.1, 0.15) is 11.4 Å². The Balaban J connectivity index is 3.19. The zero-order chi connectivity index (χ0) is 14.4. The van der Waals surface area contributed by atoms with Gasteiger partial charge in [0.05, 0.1) is 25.8 Å². The third-order valence-corrected chi connectivity index (χ3v) is 2.39. The van der Waals surface area contributed by atoms with Crippen molar-refractivity contribution in [3.8, 4) is 5.75 Å². The summed E-state index contributed by atoms with van der Waals surface area (Å²) in [5, 5.41) is 0. The van der Waals surface area contributed by atoms with Crippen LogP contribution in [0.2, 0.25) is 0 Å². The quantitative estimate of drug-likeness (QED) is 0.797. The molecule has 2 N–H and O–H groups in total. The Morgan fingerprint density at radius 1 is 1.53 bits per heavy atom. The summed E-state index contributed by atoms with van der Waals surface area (Å²) < 4.78 is 35.5. The maximum absolute atomic E-state index is 12.9. The molecule has 0 radical (unpaired) electrons. The molecule has 0 spiro atoms. The molecule has 1 rings (SSSR count). The molecule has 1 aromatic heterocycles. The predicted molar refractivity (Wildman–Crippen MR) is 64.0 cm³/mol. The van der Waals surface area contributed by atoms with E-state index in [1.807, 2.05) is 0 Å². The molecule has 5 nitrogen and oxygen atoms in total. The summed E-state index contributed by atoms with van der Waals surface area (Å²) in [6.07, 6.45) is -2.96. The molecule has 7 heteroatoms. The van der Waals surface area contributed by atoms with Crippen molar-refractivity contribution >= 4 is 5.97 Å². The first-order chi connectivity index (χ1) is 9.03. The Labute approximate surface area is 109 Å². The molecule has 0 unspecified atom stereocenters. The maximum Gasteiger partial charge on any atom is 0.310 e. The zero-order valence-electron chi connectivity index (χ0n) is 10.8. The molecule has 0 aromatic carbocycles. The molecule has 0 saturated carbocycles. The fraction of sp³-hybridized carbons (Fsp3) is 0.500. The van der Waals surface area contributed by atoms with Gasteiger partial charge in [0.15, 0.2) is 0 Å². The van der Waals surface area contributed by atoms with Gasteiger partial charge in [0.2, 0.25) is 0 Å². The van der Waals surface area contributed by atoms with Crippen LogP contribution in [0.3, 0.4) is 0 Å². The number of aromatic nitrogens is 1. The van der Waals surface area contributed by atoms with Gasteiger partial charge in [0.25, 0.3) is 6.43 Å². The number of nitrogens with zero attached hydrogens (tertiary/aromatic N) is 1. The SMILES string of the molecule is CCOC(=O)Cc1cc(CN)nc(C(F)F)c1OC. The van der Waals surface area contributed by atoms with Crippen molar-refractivity contribution in [3.63, 3.8) is 0 Å². The van der Waals surface area contributed by atoms with Crippen molar-refractivity contribution in [2.45, 2.75) is 26.3 Å². The second kappa shape index (κ2) is 6.98. The smallest absolute Gasteiger partial charge is 0.310 e. The third-order valence-electron chi connectivity index (χ3n) is 2.39. The number of carbonyl (C=O) groups is 1. The van der Waals surface area contributed by atoms with E-state index in [-0.39, 0.29) is 31.0 Å². The Kier molecular flexibility index (Phi) is 5.62. The highest BCUT2D eigenvalue weighted by atomic mass is 19.3.